The predicted molar refractivity (Wildman–Crippen MR) is 84.2 cm³/mol. The fraction of sp³-hybridized carbons (Fsp3) is 0.500. The molecule has 1 aromatic carbocycles. The average molecular weight is 374 g/mol. The number of carbonyl (C=O) groups is 1. The van der Waals surface area contributed by atoms with E-state index in [2.05, 4.69) is 33.2 Å². The van der Waals surface area contributed by atoms with E-state index in [1.807, 2.05) is 24.3 Å². The van der Waals surface area contributed by atoms with Gasteiger partial charge in [0.05, 0.1) is 17.7 Å². The molecule has 104 valence electrons. The summed E-state index contributed by atoms with van der Waals surface area (Å²) in [4.78, 5) is 12.6. The third-order valence-corrected chi connectivity index (χ3v) is 4.53. The highest BCUT2D eigenvalue weighted by Gasteiger charge is 2.39. The maximum absolute atomic E-state index is 12.6. The number of hydrogen-bond donors (Lipinski definition) is 2. The maximum Gasteiger partial charge on any atom is 0.233 e. The number of hydrogen-bond acceptors (Lipinski definition) is 3. The Hall–Kier alpha value is -0.660. The van der Waals surface area contributed by atoms with Crippen LogP contribution in [0.4, 0.5) is 5.69 Å². The molecule has 1 amide bonds. The molecule has 0 unspecified atom stereocenters. The summed E-state index contributed by atoms with van der Waals surface area (Å²) in [6, 6.07) is 7.82. The largest absolute Gasteiger partial charge is 0.384 e. The Morgan fingerprint density at radius 1 is 1.42 bits per heavy atom. The lowest BCUT2D eigenvalue weighted by Crippen LogP contribution is -2.47. The molecule has 0 atom stereocenters. The van der Waals surface area contributed by atoms with Gasteiger partial charge >= 0.3 is 0 Å². The Bertz CT molecular complexity index is 439. The molecular weight excluding hydrogens is 355 g/mol. The molecule has 1 aliphatic rings. The zero-order valence-electron chi connectivity index (χ0n) is 11.0. The lowest BCUT2D eigenvalue weighted by atomic mass is 9.78. The van der Waals surface area contributed by atoms with Crippen LogP contribution in [0.2, 0.25) is 0 Å². The van der Waals surface area contributed by atoms with E-state index in [0.29, 0.717) is 6.61 Å². The van der Waals surface area contributed by atoms with Gasteiger partial charge in [-0.3, -0.25) is 4.79 Å². The Balaban J connectivity index is 2.14. The normalized spacial score (nSPS) is 18.0. The molecule has 0 aliphatic carbocycles. The van der Waals surface area contributed by atoms with Gasteiger partial charge in [-0.05, 0) is 60.7 Å². The van der Waals surface area contributed by atoms with Gasteiger partial charge in [0.25, 0.3) is 0 Å². The summed E-state index contributed by atoms with van der Waals surface area (Å²) in [7, 11) is 1.66. The maximum atomic E-state index is 12.6. The molecule has 1 aliphatic heterocycles. The van der Waals surface area contributed by atoms with Crippen LogP contribution in [0.25, 0.3) is 0 Å². The number of anilines is 1. The summed E-state index contributed by atoms with van der Waals surface area (Å²) in [6.07, 6.45) is 1.63. The Labute approximate surface area is 127 Å². The van der Waals surface area contributed by atoms with E-state index in [9.17, 15) is 4.79 Å². The second-order valence-electron chi connectivity index (χ2n) is 4.90. The third-order valence-electron chi connectivity index (χ3n) is 3.59. The van der Waals surface area contributed by atoms with Gasteiger partial charge in [0.1, 0.15) is 0 Å². The van der Waals surface area contributed by atoms with Crippen molar-refractivity contribution in [3.63, 3.8) is 0 Å². The molecule has 1 aromatic rings. The SMILES string of the molecule is COCC1(C(=O)Nc2ccccc2I)CCNCC1. The standard InChI is InChI=1S/C14H19IN2O2/c1-19-10-14(6-8-16-9-7-14)13(18)17-12-5-3-2-4-11(12)15/h2-5,16H,6-10H2,1H3,(H,17,18). The number of rotatable bonds is 4. The van der Waals surface area contributed by atoms with Crippen molar-refractivity contribution in [2.45, 2.75) is 12.8 Å². The van der Waals surface area contributed by atoms with Gasteiger partial charge in [-0.1, -0.05) is 12.1 Å². The van der Waals surface area contributed by atoms with Gasteiger partial charge in [-0.15, -0.1) is 0 Å². The molecule has 2 rings (SSSR count). The van der Waals surface area contributed by atoms with E-state index in [4.69, 9.17) is 4.74 Å². The summed E-state index contributed by atoms with van der Waals surface area (Å²) in [6.45, 7) is 2.20. The zero-order chi connectivity index (χ0) is 13.7. The van der Waals surface area contributed by atoms with Crippen LogP contribution in [0, 0.1) is 8.99 Å². The van der Waals surface area contributed by atoms with Crippen molar-refractivity contribution in [1.82, 2.24) is 5.32 Å². The van der Waals surface area contributed by atoms with Crippen molar-refractivity contribution in [1.29, 1.82) is 0 Å². The second kappa shape index (κ2) is 6.67. The van der Waals surface area contributed by atoms with Crippen molar-refractivity contribution in [2.75, 3.05) is 32.1 Å². The van der Waals surface area contributed by atoms with Crippen molar-refractivity contribution in [2.24, 2.45) is 5.41 Å². The second-order valence-corrected chi connectivity index (χ2v) is 6.06. The molecule has 1 fully saturated rings. The molecular formula is C14H19IN2O2. The van der Waals surface area contributed by atoms with Gasteiger partial charge in [-0.25, -0.2) is 0 Å². The minimum absolute atomic E-state index is 0.0694. The summed E-state index contributed by atoms with van der Waals surface area (Å²) >= 11 is 2.23. The number of carbonyl (C=O) groups excluding carboxylic acids is 1. The highest BCUT2D eigenvalue weighted by Crippen LogP contribution is 2.31. The van der Waals surface area contributed by atoms with Gasteiger partial charge < -0.3 is 15.4 Å². The molecule has 1 saturated heterocycles. The van der Waals surface area contributed by atoms with Gasteiger partial charge in [0, 0.05) is 10.7 Å². The van der Waals surface area contributed by atoms with Crippen LogP contribution >= 0.6 is 22.6 Å². The number of nitrogens with one attached hydrogen (secondary N) is 2. The molecule has 0 aromatic heterocycles. The topological polar surface area (TPSA) is 50.4 Å². The van der Waals surface area contributed by atoms with E-state index >= 15 is 0 Å². The van der Waals surface area contributed by atoms with Crippen LogP contribution in [0.5, 0.6) is 0 Å². The smallest absolute Gasteiger partial charge is 0.233 e. The third kappa shape index (κ3) is 3.46. The van der Waals surface area contributed by atoms with E-state index < -0.39 is 5.41 Å². The predicted octanol–water partition coefficient (Wildman–Crippen LogP) is 2.25. The first kappa shape index (κ1) is 14.7. The van der Waals surface area contributed by atoms with E-state index in [-0.39, 0.29) is 5.91 Å². The Morgan fingerprint density at radius 2 is 2.11 bits per heavy atom. The van der Waals surface area contributed by atoms with Gasteiger partial charge in [-0.2, -0.15) is 0 Å². The van der Waals surface area contributed by atoms with Crippen LogP contribution in [-0.4, -0.2) is 32.7 Å². The Kier molecular flexibility index (Phi) is 5.18. The fourth-order valence-corrected chi connectivity index (χ4v) is 2.96. The van der Waals surface area contributed by atoms with Crippen LogP contribution in [0.15, 0.2) is 24.3 Å². The number of benzene rings is 1. The summed E-state index contributed by atoms with van der Waals surface area (Å²) in [5.41, 5.74) is 0.473. The van der Waals surface area contributed by atoms with Crippen molar-refractivity contribution in [3.05, 3.63) is 27.8 Å². The average Bonchev–Trinajstić information content (AvgIpc) is 2.42. The number of ether oxygens (including phenoxy) is 1. The zero-order valence-corrected chi connectivity index (χ0v) is 13.2. The number of methoxy groups -OCH3 is 1. The molecule has 5 heteroatoms. The molecule has 0 radical (unpaired) electrons. The first-order valence-electron chi connectivity index (χ1n) is 6.44. The van der Waals surface area contributed by atoms with Crippen LogP contribution in [-0.2, 0) is 9.53 Å². The minimum atomic E-state index is -0.404. The molecule has 0 saturated carbocycles. The first-order valence-corrected chi connectivity index (χ1v) is 7.51. The quantitative estimate of drug-likeness (QED) is 0.795. The van der Waals surface area contributed by atoms with E-state index in [0.717, 1.165) is 35.2 Å². The number of para-hydroxylation sites is 1. The van der Waals surface area contributed by atoms with Gasteiger partial charge in [0.15, 0.2) is 0 Å². The molecule has 19 heavy (non-hydrogen) atoms. The van der Waals surface area contributed by atoms with Crippen LogP contribution in [0.1, 0.15) is 12.8 Å². The van der Waals surface area contributed by atoms with Crippen molar-refractivity contribution in [3.8, 4) is 0 Å². The number of piperidine rings is 1. The van der Waals surface area contributed by atoms with Crippen molar-refractivity contribution < 1.29 is 9.53 Å². The minimum Gasteiger partial charge on any atom is -0.384 e. The first-order chi connectivity index (χ1) is 9.18. The number of amides is 1. The summed E-state index contributed by atoms with van der Waals surface area (Å²) in [5, 5.41) is 6.34. The highest BCUT2D eigenvalue weighted by atomic mass is 127. The monoisotopic (exact) mass is 374 g/mol. The molecule has 1 heterocycles. The lowest BCUT2D eigenvalue weighted by Gasteiger charge is -2.35. The Morgan fingerprint density at radius 3 is 2.74 bits per heavy atom. The van der Waals surface area contributed by atoms with E-state index in [1.54, 1.807) is 7.11 Å². The van der Waals surface area contributed by atoms with E-state index in [1.165, 1.54) is 0 Å². The molecule has 0 spiro atoms. The fourth-order valence-electron chi connectivity index (χ4n) is 2.44. The van der Waals surface area contributed by atoms with Gasteiger partial charge in [0.2, 0.25) is 5.91 Å². The summed E-state index contributed by atoms with van der Waals surface area (Å²) < 4.78 is 6.33. The summed E-state index contributed by atoms with van der Waals surface area (Å²) in [5.74, 6) is 0.0694. The molecule has 0 bridgehead atoms. The number of halogens is 1. The highest BCUT2D eigenvalue weighted by molar-refractivity contribution is 14.1. The van der Waals surface area contributed by atoms with Crippen LogP contribution in [0.3, 0.4) is 0 Å². The molecule has 2 N–H and O–H groups in total. The van der Waals surface area contributed by atoms with Crippen LogP contribution < -0.4 is 10.6 Å². The van der Waals surface area contributed by atoms with Crippen molar-refractivity contribution >= 4 is 34.2 Å². The molecule has 4 nitrogen and oxygen atoms in total. The lowest BCUT2D eigenvalue weighted by molar-refractivity contribution is -0.130.